The first-order chi connectivity index (χ1) is 7.51. The van der Waals surface area contributed by atoms with Crippen molar-refractivity contribution >= 4 is 10.0 Å². The van der Waals surface area contributed by atoms with Gasteiger partial charge in [-0.2, -0.15) is 4.31 Å². The molecule has 2 heterocycles. The highest BCUT2D eigenvalue weighted by Gasteiger charge is 2.31. The molecule has 1 aromatic heterocycles. The minimum Gasteiger partial charge on any atom is -0.313 e. The normalized spacial score (nSPS) is 17.4. The largest absolute Gasteiger partial charge is 0.313 e. The molecule has 0 saturated carbocycles. The molecule has 88 valence electrons. The van der Waals surface area contributed by atoms with Gasteiger partial charge in [-0.05, 0) is 6.07 Å². The minimum absolute atomic E-state index is 0.0618. The van der Waals surface area contributed by atoms with Gasteiger partial charge in [0.2, 0.25) is 10.0 Å². The van der Waals surface area contributed by atoms with Gasteiger partial charge in [-0.1, -0.05) is 0 Å². The molecule has 0 radical (unpaired) electrons. The van der Waals surface area contributed by atoms with Crippen LogP contribution in [0.15, 0.2) is 23.4 Å². The Balaban J connectivity index is 2.30. The quantitative estimate of drug-likeness (QED) is 0.802. The van der Waals surface area contributed by atoms with E-state index >= 15 is 0 Å². The molecule has 0 aromatic carbocycles. The van der Waals surface area contributed by atoms with E-state index in [1.807, 2.05) is 0 Å². The molecule has 0 aliphatic carbocycles. The van der Waals surface area contributed by atoms with Crippen LogP contribution in [0, 0.1) is 5.82 Å². The molecule has 16 heavy (non-hydrogen) atoms. The number of nitrogens with zero attached hydrogens (tertiary/aromatic N) is 2. The van der Waals surface area contributed by atoms with Crippen LogP contribution in [0.3, 0.4) is 0 Å². The average Bonchev–Trinajstić information content (AvgIpc) is 2.15. The lowest BCUT2D eigenvalue weighted by molar-refractivity contribution is 0.274. The highest BCUT2D eigenvalue weighted by Crippen LogP contribution is 2.17. The van der Waals surface area contributed by atoms with Crippen LogP contribution in [-0.2, 0) is 10.0 Å². The molecule has 0 spiro atoms. The fraction of sp³-hybridized carbons (Fsp3) is 0.444. The predicted octanol–water partition coefficient (Wildman–Crippen LogP) is -0.187. The van der Waals surface area contributed by atoms with Gasteiger partial charge >= 0.3 is 0 Å². The zero-order chi connectivity index (χ0) is 11.8. The fourth-order valence-electron chi connectivity index (χ4n) is 1.43. The second kappa shape index (κ2) is 4.08. The van der Waals surface area contributed by atoms with Gasteiger partial charge in [0.05, 0.1) is 6.20 Å². The first-order valence-corrected chi connectivity index (χ1v) is 6.25. The smallest absolute Gasteiger partial charge is 0.244 e. The van der Waals surface area contributed by atoms with E-state index in [2.05, 4.69) is 10.3 Å². The summed E-state index contributed by atoms with van der Waals surface area (Å²) in [5.41, 5.74) is 0. The Labute approximate surface area is 93.3 Å². The van der Waals surface area contributed by atoms with Gasteiger partial charge in [0.25, 0.3) is 0 Å². The predicted molar refractivity (Wildman–Crippen MR) is 55.8 cm³/mol. The number of hydrogen-bond donors (Lipinski definition) is 1. The number of hydrogen-bond acceptors (Lipinski definition) is 4. The van der Waals surface area contributed by atoms with E-state index in [0.29, 0.717) is 13.1 Å². The van der Waals surface area contributed by atoms with Gasteiger partial charge in [0.15, 0.2) is 0 Å². The maximum Gasteiger partial charge on any atom is 0.244 e. The Kier molecular flexibility index (Phi) is 2.92. The minimum atomic E-state index is -3.63. The van der Waals surface area contributed by atoms with Crippen LogP contribution < -0.4 is 5.32 Å². The molecule has 5 nitrogen and oxygen atoms in total. The molecule has 1 fully saturated rings. The highest BCUT2D eigenvalue weighted by atomic mass is 32.2. The second-order valence-corrected chi connectivity index (χ2v) is 5.67. The number of aromatic nitrogens is 1. The Hall–Kier alpha value is -1.05. The number of halogens is 1. The summed E-state index contributed by atoms with van der Waals surface area (Å²) in [6, 6.07) is 0.915. The number of sulfonamides is 1. The molecule has 0 unspecified atom stereocenters. The van der Waals surface area contributed by atoms with E-state index in [1.165, 1.54) is 11.4 Å². The van der Waals surface area contributed by atoms with Crippen LogP contribution in [0.2, 0.25) is 0 Å². The highest BCUT2D eigenvalue weighted by molar-refractivity contribution is 7.89. The maximum absolute atomic E-state index is 12.9. The van der Waals surface area contributed by atoms with Gasteiger partial charge in [0.1, 0.15) is 10.7 Å². The van der Waals surface area contributed by atoms with E-state index in [9.17, 15) is 12.8 Å². The molecule has 1 aromatic rings. The summed E-state index contributed by atoms with van der Waals surface area (Å²) in [7, 11) is -2.14. The standard InChI is InChI=1S/C9H12FN3O2S/c1-13(8-4-12-5-8)16(14,15)9-2-7(10)3-11-6-9/h2-3,6,8,12H,4-5H2,1H3. The van der Waals surface area contributed by atoms with Crippen molar-refractivity contribution in [3.63, 3.8) is 0 Å². The summed E-state index contributed by atoms with van der Waals surface area (Å²) >= 11 is 0. The summed E-state index contributed by atoms with van der Waals surface area (Å²) in [5, 5.41) is 2.98. The second-order valence-electron chi connectivity index (χ2n) is 3.67. The van der Waals surface area contributed by atoms with Crippen molar-refractivity contribution in [1.29, 1.82) is 0 Å². The van der Waals surface area contributed by atoms with Crippen LogP contribution in [-0.4, -0.2) is 43.9 Å². The summed E-state index contributed by atoms with van der Waals surface area (Å²) < 4.78 is 38.2. The molecule has 7 heteroatoms. The number of pyridine rings is 1. The summed E-state index contributed by atoms with van der Waals surface area (Å²) in [6.45, 7) is 1.25. The molecule has 2 rings (SSSR count). The third kappa shape index (κ3) is 1.93. The first-order valence-electron chi connectivity index (χ1n) is 4.81. The van der Waals surface area contributed by atoms with Gasteiger partial charge in [-0.3, -0.25) is 4.98 Å². The molecular weight excluding hydrogens is 233 g/mol. The number of likely N-dealkylation sites (N-methyl/N-ethyl adjacent to an activating group) is 1. The monoisotopic (exact) mass is 245 g/mol. The lowest BCUT2D eigenvalue weighted by atomic mass is 10.2. The van der Waals surface area contributed by atoms with E-state index < -0.39 is 15.8 Å². The van der Waals surface area contributed by atoms with Gasteiger partial charge in [-0.15, -0.1) is 0 Å². The molecule has 1 aliphatic rings. The topological polar surface area (TPSA) is 62.3 Å². The molecule has 0 amide bonds. The van der Waals surface area contributed by atoms with E-state index in [-0.39, 0.29) is 10.9 Å². The van der Waals surface area contributed by atoms with Crippen molar-refractivity contribution in [2.75, 3.05) is 20.1 Å². The van der Waals surface area contributed by atoms with Crippen LogP contribution in [0.1, 0.15) is 0 Å². The van der Waals surface area contributed by atoms with E-state index in [0.717, 1.165) is 18.5 Å². The zero-order valence-corrected chi connectivity index (χ0v) is 9.54. The summed E-state index contributed by atoms with van der Waals surface area (Å²) in [5.74, 6) is -0.652. The fourth-order valence-corrected chi connectivity index (χ4v) is 2.76. The SMILES string of the molecule is CN(C1CNC1)S(=O)(=O)c1cncc(F)c1. The Morgan fingerprint density at radius 3 is 2.69 bits per heavy atom. The zero-order valence-electron chi connectivity index (χ0n) is 8.72. The van der Waals surface area contributed by atoms with Crippen molar-refractivity contribution in [3.8, 4) is 0 Å². The van der Waals surface area contributed by atoms with Crippen molar-refractivity contribution in [3.05, 3.63) is 24.3 Å². The van der Waals surface area contributed by atoms with Gasteiger partial charge in [0, 0.05) is 32.4 Å². The Bertz CT molecular complexity index is 487. The summed E-state index contributed by atoms with van der Waals surface area (Å²) in [6.07, 6.45) is 2.13. The van der Waals surface area contributed by atoms with E-state index in [4.69, 9.17) is 0 Å². The van der Waals surface area contributed by atoms with Crippen molar-refractivity contribution in [1.82, 2.24) is 14.6 Å². The maximum atomic E-state index is 12.9. The van der Waals surface area contributed by atoms with Gasteiger partial charge < -0.3 is 5.32 Å². The molecule has 1 aliphatic heterocycles. The Morgan fingerprint density at radius 1 is 1.50 bits per heavy atom. The van der Waals surface area contributed by atoms with Crippen LogP contribution in [0.4, 0.5) is 4.39 Å². The average molecular weight is 245 g/mol. The Morgan fingerprint density at radius 2 is 2.19 bits per heavy atom. The first kappa shape index (κ1) is 11.4. The van der Waals surface area contributed by atoms with Crippen molar-refractivity contribution in [2.45, 2.75) is 10.9 Å². The van der Waals surface area contributed by atoms with Crippen LogP contribution >= 0.6 is 0 Å². The number of rotatable bonds is 3. The lowest BCUT2D eigenvalue weighted by Gasteiger charge is -2.34. The third-order valence-electron chi connectivity index (χ3n) is 2.63. The van der Waals surface area contributed by atoms with Gasteiger partial charge in [-0.25, -0.2) is 12.8 Å². The van der Waals surface area contributed by atoms with E-state index in [1.54, 1.807) is 0 Å². The molecule has 0 bridgehead atoms. The molecule has 1 N–H and O–H groups in total. The molecular formula is C9H12FN3O2S. The molecule has 0 atom stereocenters. The molecule has 1 saturated heterocycles. The van der Waals surface area contributed by atoms with Crippen molar-refractivity contribution < 1.29 is 12.8 Å². The van der Waals surface area contributed by atoms with Crippen LogP contribution in [0.5, 0.6) is 0 Å². The van der Waals surface area contributed by atoms with Crippen LogP contribution in [0.25, 0.3) is 0 Å². The lowest BCUT2D eigenvalue weighted by Crippen LogP contribution is -2.57. The summed E-state index contributed by atoms with van der Waals surface area (Å²) in [4.78, 5) is 3.43. The third-order valence-corrected chi connectivity index (χ3v) is 4.51. The number of nitrogens with one attached hydrogen (secondary N) is 1. The van der Waals surface area contributed by atoms with Crippen molar-refractivity contribution in [2.24, 2.45) is 0 Å².